The Balaban J connectivity index is 1.73. The molecular formula is C19H25N3O3. The second-order valence-corrected chi connectivity index (χ2v) is 6.70. The first-order chi connectivity index (χ1) is 11.8. The Kier molecular flexibility index (Phi) is 6.36. The third kappa shape index (κ3) is 6.43. The summed E-state index contributed by atoms with van der Waals surface area (Å²) in [6, 6.07) is 9.59. The molecule has 1 aromatic carbocycles. The molecule has 2 aromatic rings. The molecule has 2 rings (SSSR count). The van der Waals surface area contributed by atoms with Crippen LogP contribution in [0.3, 0.4) is 0 Å². The monoisotopic (exact) mass is 343 g/mol. The highest BCUT2D eigenvalue weighted by Crippen LogP contribution is 2.09. The van der Waals surface area contributed by atoms with Crippen molar-refractivity contribution in [1.82, 2.24) is 15.6 Å². The van der Waals surface area contributed by atoms with Crippen molar-refractivity contribution in [3.8, 4) is 0 Å². The highest BCUT2D eigenvalue weighted by atomic mass is 16.6. The van der Waals surface area contributed by atoms with Gasteiger partial charge in [0, 0.05) is 30.7 Å². The standard InChI is InChI=1S/C19H25N3O3/c1-19(2,3)25-18(24)21-11-7-6-10-20-13-15-12-14-8-4-5-9-16(14)22-17(15)23/h4-9,12,20H,10-11,13H2,1-3H3,(H,21,24)(H,22,23)/b7-6+. The maximum Gasteiger partial charge on any atom is 0.407 e. The number of pyridine rings is 1. The van der Waals surface area contributed by atoms with Crippen molar-refractivity contribution in [2.45, 2.75) is 32.9 Å². The molecule has 6 nitrogen and oxygen atoms in total. The molecule has 0 aliphatic heterocycles. The van der Waals surface area contributed by atoms with Crippen molar-refractivity contribution in [1.29, 1.82) is 0 Å². The van der Waals surface area contributed by atoms with Gasteiger partial charge in [0.05, 0.1) is 0 Å². The first-order valence-corrected chi connectivity index (χ1v) is 8.29. The molecule has 0 spiro atoms. The van der Waals surface area contributed by atoms with E-state index in [9.17, 15) is 9.59 Å². The molecular weight excluding hydrogens is 318 g/mol. The van der Waals surface area contributed by atoms with E-state index in [1.165, 1.54) is 0 Å². The van der Waals surface area contributed by atoms with E-state index < -0.39 is 11.7 Å². The number of ether oxygens (including phenoxy) is 1. The van der Waals surface area contributed by atoms with Gasteiger partial charge in [-0.3, -0.25) is 4.79 Å². The number of para-hydroxylation sites is 1. The lowest BCUT2D eigenvalue weighted by Crippen LogP contribution is -2.32. The van der Waals surface area contributed by atoms with Gasteiger partial charge in [-0.2, -0.15) is 0 Å². The second kappa shape index (κ2) is 8.48. The lowest BCUT2D eigenvalue weighted by molar-refractivity contribution is 0.0534. The maximum absolute atomic E-state index is 12.0. The number of carbonyl (C=O) groups excluding carboxylic acids is 1. The number of H-pyrrole nitrogens is 1. The molecule has 1 heterocycles. The fourth-order valence-electron chi connectivity index (χ4n) is 2.24. The van der Waals surface area contributed by atoms with Crippen molar-refractivity contribution >= 4 is 17.0 Å². The van der Waals surface area contributed by atoms with E-state index in [0.29, 0.717) is 25.2 Å². The molecule has 0 saturated carbocycles. The van der Waals surface area contributed by atoms with E-state index in [1.54, 1.807) is 0 Å². The smallest absolute Gasteiger partial charge is 0.407 e. The lowest BCUT2D eigenvalue weighted by Gasteiger charge is -2.19. The number of aromatic nitrogens is 1. The van der Waals surface area contributed by atoms with Crippen LogP contribution in [0.4, 0.5) is 4.79 Å². The highest BCUT2D eigenvalue weighted by molar-refractivity contribution is 5.78. The Hall–Kier alpha value is -2.60. The molecule has 0 bridgehead atoms. The normalized spacial score (nSPS) is 11.8. The molecule has 0 radical (unpaired) electrons. The van der Waals surface area contributed by atoms with Gasteiger partial charge in [0.25, 0.3) is 5.56 Å². The zero-order valence-electron chi connectivity index (χ0n) is 14.9. The predicted molar refractivity (Wildman–Crippen MR) is 99.7 cm³/mol. The van der Waals surface area contributed by atoms with Crippen molar-refractivity contribution < 1.29 is 9.53 Å². The minimum Gasteiger partial charge on any atom is -0.444 e. The largest absolute Gasteiger partial charge is 0.444 e. The average molecular weight is 343 g/mol. The van der Waals surface area contributed by atoms with Crippen LogP contribution in [-0.4, -0.2) is 29.8 Å². The summed E-state index contributed by atoms with van der Waals surface area (Å²) in [7, 11) is 0. The van der Waals surface area contributed by atoms with Gasteiger partial charge in [-0.05, 0) is 38.3 Å². The van der Waals surface area contributed by atoms with Crippen LogP contribution in [0.5, 0.6) is 0 Å². The predicted octanol–water partition coefficient (Wildman–Crippen LogP) is 2.70. The first kappa shape index (κ1) is 18.7. The number of amides is 1. The number of hydrogen-bond acceptors (Lipinski definition) is 4. The van der Waals surface area contributed by atoms with Crippen LogP contribution in [0.25, 0.3) is 10.9 Å². The molecule has 0 unspecified atom stereocenters. The van der Waals surface area contributed by atoms with Crippen LogP contribution in [0.1, 0.15) is 26.3 Å². The van der Waals surface area contributed by atoms with Crippen LogP contribution in [0.2, 0.25) is 0 Å². The zero-order chi connectivity index (χ0) is 18.3. The van der Waals surface area contributed by atoms with E-state index in [2.05, 4.69) is 15.6 Å². The summed E-state index contributed by atoms with van der Waals surface area (Å²) in [6.45, 7) is 6.93. The zero-order valence-corrected chi connectivity index (χ0v) is 14.9. The molecule has 134 valence electrons. The van der Waals surface area contributed by atoms with Crippen molar-refractivity contribution in [2.24, 2.45) is 0 Å². The summed E-state index contributed by atoms with van der Waals surface area (Å²) in [6.07, 6.45) is 3.29. The summed E-state index contributed by atoms with van der Waals surface area (Å²) in [5.74, 6) is 0. The van der Waals surface area contributed by atoms with Crippen molar-refractivity contribution in [3.63, 3.8) is 0 Å². The number of rotatable bonds is 6. The molecule has 0 atom stereocenters. The van der Waals surface area contributed by atoms with E-state index in [-0.39, 0.29) is 5.56 Å². The van der Waals surface area contributed by atoms with Crippen LogP contribution in [0.15, 0.2) is 47.3 Å². The van der Waals surface area contributed by atoms with Crippen LogP contribution < -0.4 is 16.2 Å². The SMILES string of the molecule is CC(C)(C)OC(=O)NC/C=C/CNCc1cc2ccccc2[nH]c1=O. The van der Waals surface area contributed by atoms with Crippen LogP contribution >= 0.6 is 0 Å². The maximum atomic E-state index is 12.0. The van der Waals surface area contributed by atoms with Gasteiger partial charge < -0.3 is 20.4 Å². The van der Waals surface area contributed by atoms with E-state index in [0.717, 1.165) is 10.9 Å². The van der Waals surface area contributed by atoms with Gasteiger partial charge in [-0.1, -0.05) is 30.4 Å². The summed E-state index contributed by atoms with van der Waals surface area (Å²) in [5, 5.41) is 6.84. The van der Waals surface area contributed by atoms with Crippen molar-refractivity contribution in [2.75, 3.05) is 13.1 Å². The summed E-state index contributed by atoms with van der Waals surface area (Å²) >= 11 is 0. The Bertz CT molecular complexity index is 803. The molecule has 0 aliphatic rings. The first-order valence-electron chi connectivity index (χ1n) is 8.29. The molecule has 25 heavy (non-hydrogen) atoms. The van der Waals surface area contributed by atoms with Crippen LogP contribution in [-0.2, 0) is 11.3 Å². The molecule has 0 saturated heterocycles. The van der Waals surface area contributed by atoms with Gasteiger partial charge in [0.2, 0.25) is 0 Å². The Morgan fingerprint density at radius 1 is 1.20 bits per heavy atom. The third-order valence-corrected chi connectivity index (χ3v) is 3.34. The Morgan fingerprint density at radius 2 is 1.92 bits per heavy atom. The number of nitrogens with one attached hydrogen (secondary N) is 3. The minimum atomic E-state index is -0.498. The Morgan fingerprint density at radius 3 is 2.68 bits per heavy atom. The molecule has 1 amide bonds. The molecule has 0 aliphatic carbocycles. The summed E-state index contributed by atoms with van der Waals surface area (Å²) in [4.78, 5) is 26.3. The van der Waals surface area contributed by atoms with E-state index >= 15 is 0 Å². The van der Waals surface area contributed by atoms with Gasteiger partial charge in [-0.25, -0.2) is 4.79 Å². The number of fused-ring (bicyclic) bond motifs is 1. The summed E-state index contributed by atoms with van der Waals surface area (Å²) < 4.78 is 5.13. The van der Waals surface area contributed by atoms with Crippen LogP contribution in [0, 0.1) is 0 Å². The summed E-state index contributed by atoms with van der Waals surface area (Å²) in [5.41, 5.74) is 0.951. The van der Waals surface area contributed by atoms with Gasteiger partial charge in [0.1, 0.15) is 5.60 Å². The highest BCUT2D eigenvalue weighted by Gasteiger charge is 2.14. The van der Waals surface area contributed by atoms with E-state index in [4.69, 9.17) is 4.74 Å². The number of alkyl carbamates (subject to hydrolysis) is 1. The topological polar surface area (TPSA) is 83.2 Å². The number of carbonyl (C=O) groups is 1. The number of hydrogen-bond donors (Lipinski definition) is 3. The van der Waals surface area contributed by atoms with Gasteiger partial charge >= 0.3 is 6.09 Å². The van der Waals surface area contributed by atoms with Gasteiger partial charge in [-0.15, -0.1) is 0 Å². The molecule has 6 heteroatoms. The second-order valence-electron chi connectivity index (χ2n) is 6.70. The number of benzene rings is 1. The van der Waals surface area contributed by atoms with Gasteiger partial charge in [0.15, 0.2) is 0 Å². The molecule has 3 N–H and O–H groups in total. The lowest BCUT2D eigenvalue weighted by atomic mass is 10.1. The number of aromatic amines is 1. The third-order valence-electron chi connectivity index (χ3n) is 3.34. The molecule has 0 fully saturated rings. The minimum absolute atomic E-state index is 0.0817. The fraction of sp³-hybridized carbons (Fsp3) is 0.368. The quantitative estimate of drug-likeness (QED) is 0.556. The molecule has 1 aromatic heterocycles. The van der Waals surface area contributed by atoms with Crippen molar-refractivity contribution in [3.05, 3.63) is 58.4 Å². The Labute approximate surface area is 147 Å². The fourth-order valence-corrected chi connectivity index (χ4v) is 2.24. The van der Waals surface area contributed by atoms with E-state index in [1.807, 2.05) is 63.3 Å². The average Bonchev–Trinajstić information content (AvgIpc) is 2.52.